The summed E-state index contributed by atoms with van der Waals surface area (Å²) in [6.45, 7) is 5.99. The van der Waals surface area contributed by atoms with Gasteiger partial charge in [0.25, 0.3) is 5.91 Å². The molecule has 0 aliphatic heterocycles. The van der Waals surface area contributed by atoms with E-state index in [9.17, 15) is 4.79 Å². The fraction of sp³-hybridized carbons (Fsp3) is 0.231. The van der Waals surface area contributed by atoms with E-state index >= 15 is 0 Å². The molecule has 0 fully saturated rings. The minimum Gasteiger partial charge on any atom is -0.375 e. The molecule has 94 valence electrons. The molecule has 2 rings (SSSR count). The number of thiazole rings is 1. The van der Waals surface area contributed by atoms with E-state index in [1.807, 2.05) is 32.9 Å². The van der Waals surface area contributed by atoms with Gasteiger partial charge in [-0.3, -0.25) is 4.79 Å². The number of aromatic nitrogens is 1. The predicted molar refractivity (Wildman–Crippen MR) is 75.1 cm³/mol. The van der Waals surface area contributed by atoms with E-state index in [0.717, 1.165) is 16.8 Å². The number of amides is 1. The van der Waals surface area contributed by atoms with Crippen molar-refractivity contribution >= 4 is 28.1 Å². The van der Waals surface area contributed by atoms with Crippen molar-refractivity contribution in [3.8, 4) is 0 Å². The fourth-order valence-corrected chi connectivity index (χ4v) is 2.49. The van der Waals surface area contributed by atoms with Crippen molar-refractivity contribution in [3.05, 3.63) is 39.9 Å². The summed E-state index contributed by atoms with van der Waals surface area (Å²) in [6.07, 6.45) is 0. The number of nitrogens with zero attached hydrogens (tertiary/aromatic N) is 1. The standard InChI is InChI=1S/C13H15N3OS/c1-7-4-8(2)11(9(3)5-7)16-12(17)10-6-18-13(14)15-10/h4-6H,1-3H3,(H2,14,15)(H,16,17). The first-order valence-electron chi connectivity index (χ1n) is 5.57. The number of rotatable bonds is 2. The van der Waals surface area contributed by atoms with Gasteiger partial charge in [0.2, 0.25) is 0 Å². The first kappa shape index (κ1) is 12.6. The Balaban J connectivity index is 2.27. The Hall–Kier alpha value is -1.88. The molecule has 3 N–H and O–H groups in total. The maximum absolute atomic E-state index is 12.0. The molecule has 18 heavy (non-hydrogen) atoms. The van der Waals surface area contributed by atoms with Crippen molar-refractivity contribution in [2.24, 2.45) is 0 Å². The molecule has 0 saturated carbocycles. The Bertz CT molecular complexity index is 581. The van der Waals surface area contributed by atoms with Crippen LogP contribution in [0.15, 0.2) is 17.5 Å². The van der Waals surface area contributed by atoms with Crippen molar-refractivity contribution in [2.75, 3.05) is 11.1 Å². The van der Waals surface area contributed by atoms with E-state index in [-0.39, 0.29) is 5.91 Å². The van der Waals surface area contributed by atoms with Crippen LogP contribution in [0.4, 0.5) is 10.8 Å². The lowest BCUT2D eigenvalue weighted by Gasteiger charge is -2.11. The number of nitrogens with one attached hydrogen (secondary N) is 1. The van der Waals surface area contributed by atoms with E-state index in [4.69, 9.17) is 5.73 Å². The van der Waals surface area contributed by atoms with Crippen molar-refractivity contribution in [1.82, 2.24) is 4.98 Å². The number of carbonyl (C=O) groups excluding carboxylic acids is 1. The third-order valence-electron chi connectivity index (χ3n) is 2.67. The van der Waals surface area contributed by atoms with Crippen LogP contribution in [-0.4, -0.2) is 10.9 Å². The summed E-state index contributed by atoms with van der Waals surface area (Å²) in [5, 5.41) is 4.94. The average molecular weight is 261 g/mol. The molecular weight excluding hydrogens is 246 g/mol. The summed E-state index contributed by atoms with van der Waals surface area (Å²) in [5.41, 5.74) is 9.99. The number of aryl methyl sites for hydroxylation is 3. The number of hydrogen-bond acceptors (Lipinski definition) is 4. The molecule has 0 spiro atoms. The van der Waals surface area contributed by atoms with Crippen LogP contribution in [0.3, 0.4) is 0 Å². The molecule has 1 aromatic heterocycles. The van der Waals surface area contributed by atoms with Crippen LogP contribution >= 0.6 is 11.3 Å². The minimum absolute atomic E-state index is 0.224. The second kappa shape index (κ2) is 4.78. The zero-order chi connectivity index (χ0) is 13.3. The SMILES string of the molecule is Cc1cc(C)c(NC(=O)c2csc(N)n2)c(C)c1. The summed E-state index contributed by atoms with van der Waals surface area (Å²) < 4.78 is 0. The first-order valence-corrected chi connectivity index (χ1v) is 6.45. The molecule has 4 nitrogen and oxygen atoms in total. The Morgan fingerprint density at radius 2 is 1.89 bits per heavy atom. The van der Waals surface area contributed by atoms with Gasteiger partial charge < -0.3 is 11.1 Å². The van der Waals surface area contributed by atoms with Crippen LogP contribution in [0.25, 0.3) is 0 Å². The Kier molecular flexibility index (Phi) is 3.34. The third-order valence-corrected chi connectivity index (χ3v) is 3.34. The zero-order valence-electron chi connectivity index (χ0n) is 10.6. The summed E-state index contributed by atoms with van der Waals surface area (Å²) in [7, 11) is 0. The summed E-state index contributed by atoms with van der Waals surface area (Å²) in [4.78, 5) is 16.0. The zero-order valence-corrected chi connectivity index (χ0v) is 11.4. The van der Waals surface area contributed by atoms with Gasteiger partial charge in [-0.1, -0.05) is 17.7 Å². The van der Waals surface area contributed by atoms with E-state index in [1.165, 1.54) is 16.9 Å². The van der Waals surface area contributed by atoms with Crippen molar-refractivity contribution in [2.45, 2.75) is 20.8 Å². The molecule has 0 radical (unpaired) electrons. The first-order chi connectivity index (χ1) is 8.47. The molecule has 0 atom stereocenters. The molecule has 2 aromatic rings. The van der Waals surface area contributed by atoms with E-state index < -0.39 is 0 Å². The quantitative estimate of drug-likeness (QED) is 0.873. The maximum Gasteiger partial charge on any atom is 0.275 e. The van der Waals surface area contributed by atoms with Crippen LogP contribution in [0.5, 0.6) is 0 Å². The monoisotopic (exact) mass is 261 g/mol. The van der Waals surface area contributed by atoms with Crippen LogP contribution in [0.2, 0.25) is 0 Å². The molecule has 0 aliphatic carbocycles. The van der Waals surface area contributed by atoms with Crippen molar-refractivity contribution in [3.63, 3.8) is 0 Å². The molecule has 1 amide bonds. The third kappa shape index (κ3) is 2.51. The smallest absolute Gasteiger partial charge is 0.275 e. The Morgan fingerprint density at radius 1 is 1.28 bits per heavy atom. The van der Waals surface area contributed by atoms with Crippen LogP contribution in [0, 0.1) is 20.8 Å². The highest BCUT2D eigenvalue weighted by Gasteiger charge is 2.12. The van der Waals surface area contributed by atoms with E-state index in [1.54, 1.807) is 5.38 Å². The number of anilines is 2. The normalized spacial score (nSPS) is 10.4. The van der Waals surface area contributed by atoms with Crippen molar-refractivity contribution < 1.29 is 4.79 Å². The molecule has 0 unspecified atom stereocenters. The minimum atomic E-state index is -0.224. The molecular formula is C13H15N3OS. The van der Waals surface area contributed by atoms with E-state index in [2.05, 4.69) is 10.3 Å². The molecule has 0 aliphatic rings. The highest BCUT2D eigenvalue weighted by Crippen LogP contribution is 2.23. The molecule has 0 bridgehead atoms. The Morgan fingerprint density at radius 3 is 2.39 bits per heavy atom. The number of hydrogen-bond donors (Lipinski definition) is 2. The molecule has 1 heterocycles. The van der Waals surface area contributed by atoms with Gasteiger partial charge in [-0.2, -0.15) is 0 Å². The number of nitrogen functional groups attached to an aromatic ring is 1. The summed E-state index contributed by atoms with van der Waals surface area (Å²) in [6, 6.07) is 4.08. The highest BCUT2D eigenvalue weighted by atomic mass is 32.1. The predicted octanol–water partition coefficient (Wildman–Crippen LogP) is 2.90. The fourth-order valence-electron chi connectivity index (χ4n) is 1.95. The van der Waals surface area contributed by atoms with Gasteiger partial charge in [0.15, 0.2) is 5.13 Å². The lowest BCUT2D eigenvalue weighted by molar-refractivity contribution is 0.102. The maximum atomic E-state index is 12.0. The van der Waals surface area contributed by atoms with Gasteiger partial charge in [-0.05, 0) is 31.9 Å². The van der Waals surface area contributed by atoms with Gasteiger partial charge in [0.1, 0.15) is 5.69 Å². The molecule has 5 heteroatoms. The van der Waals surface area contributed by atoms with Crippen LogP contribution in [-0.2, 0) is 0 Å². The highest BCUT2D eigenvalue weighted by molar-refractivity contribution is 7.13. The van der Waals surface area contributed by atoms with Gasteiger partial charge in [-0.25, -0.2) is 4.98 Å². The van der Waals surface area contributed by atoms with Gasteiger partial charge in [0.05, 0.1) is 0 Å². The lowest BCUT2D eigenvalue weighted by atomic mass is 10.1. The number of nitrogens with two attached hydrogens (primary N) is 1. The van der Waals surface area contributed by atoms with Gasteiger partial charge >= 0.3 is 0 Å². The lowest BCUT2D eigenvalue weighted by Crippen LogP contribution is -2.14. The average Bonchev–Trinajstić information content (AvgIpc) is 2.70. The summed E-state index contributed by atoms with van der Waals surface area (Å²) >= 11 is 1.26. The topological polar surface area (TPSA) is 68.0 Å². The summed E-state index contributed by atoms with van der Waals surface area (Å²) in [5.74, 6) is -0.224. The molecule has 1 aromatic carbocycles. The second-order valence-corrected chi connectivity index (χ2v) is 5.19. The van der Waals surface area contributed by atoms with E-state index in [0.29, 0.717) is 10.8 Å². The van der Waals surface area contributed by atoms with Crippen LogP contribution < -0.4 is 11.1 Å². The van der Waals surface area contributed by atoms with Gasteiger partial charge in [-0.15, -0.1) is 11.3 Å². The number of carbonyl (C=O) groups is 1. The second-order valence-electron chi connectivity index (χ2n) is 4.30. The largest absolute Gasteiger partial charge is 0.375 e. The van der Waals surface area contributed by atoms with Crippen molar-refractivity contribution in [1.29, 1.82) is 0 Å². The Labute approximate surface area is 110 Å². The number of benzene rings is 1. The van der Waals surface area contributed by atoms with Crippen LogP contribution in [0.1, 0.15) is 27.2 Å². The van der Waals surface area contributed by atoms with Gasteiger partial charge in [0, 0.05) is 11.1 Å². The molecule has 0 saturated heterocycles.